The molecule has 0 aliphatic carbocycles. The molecule has 3 nitrogen and oxygen atoms in total. The van der Waals surface area contributed by atoms with Crippen LogP contribution in [0.5, 0.6) is 0 Å². The van der Waals surface area contributed by atoms with Crippen molar-refractivity contribution >= 4 is 34.4 Å². The van der Waals surface area contributed by atoms with Crippen LogP contribution in [0, 0.1) is 17.8 Å². The van der Waals surface area contributed by atoms with Gasteiger partial charge < -0.3 is 5.32 Å². The second-order valence-corrected chi connectivity index (χ2v) is 5.09. The first kappa shape index (κ1) is 10.3. The molecule has 0 saturated carbocycles. The third-order valence-corrected chi connectivity index (χ3v) is 2.92. The van der Waals surface area contributed by atoms with Crippen molar-refractivity contribution in [1.82, 2.24) is 10.2 Å². The van der Waals surface area contributed by atoms with Crippen molar-refractivity contribution in [2.75, 3.05) is 5.32 Å². The van der Waals surface area contributed by atoms with Crippen LogP contribution in [0.15, 0.2) is 18.2 Å². The number of aryl methyl sites for hydroxylation is 2. The van der Waals surface area contributed by atoms with E-state index in [1.807, 2.05) is 0 Å². The van der Waals surface area contributed by atoms with Crippen LogP contribution >= 0.6 is 23.6 Å². The molecule has 0 aliphatic rings. The largest absolute Gasteiger partial charge is 0.330 e. The van der Waals surface area contributed by atoms with Gasteiger partial charge in [-0.25, -0.2) is 0 Å². The fraction of sp³-hybridized carbons (Fsp3) is 0.200. The van der Waals surface area contributed by atoms with Gasteiger partial charge in [-0.1, -0.05) is 17.4 Å². The van der Waals surface area contributed by atoms with Crippen molar-refractivity contribution in [3.63, 3.8) is 0 Å². The first-order chi connectivity index (χ1) is 7.13. The minimum absolute atomic E-state index is 0.682. The average molecular weight is 237 g/mol. The smallest absolute Gasteiger partial charge is 0.208 e. The maximum atomic E-state index is 4.96. The molecule has 78 valence electrons. The van der Waals surface area contributed by atoms with Gasteiger partial charge in [-0.3, -0.25) is 5.10 Å². The minimum atomic E-state index is 0.682. The number of anilines is 2. The fourth-order valence-corrected chi connectivity index (χ4v) is 2.26. The molecule has 0 unspecified atom stereocenters. The molecule has 1 aromatic carbocycles. The number of hydrogen-bond donors (Lipinski definition) is 2. The minimum Gasteiger partial charge on any atom is -0.330 e. The molecule has 15 heavy (non-hydrogen) atoms. The number of aromatic amines is 1. The summed E-state index contributed by atoms with van der Waals surface area (Å²) in [6, 6.07) is 6.30. The predicted octanol–water partition coefficient (Wildman–Crippen LogP) is 3.56. The molecule has 0 saturated heterocycles. The van der Waals surface area contributed by atoms with E-state index in [4.69, 9.17) is 12.2 Å². The molecular weight excluding hydrogens is 226 g/mol. The zero-order valence-electron chi connectivity index (χ0n) is 8.50. The first-order valence-electron chi connectivity index (χ1n) is 4.54. The Kier molecular flexibility index (Phi) is 2.83. The quantitative estimate of drug-likeness (QED) is 0.785. The molecule has 2 N–H and O–H groups in total. The average Bonchev–Trinajstić information content (AvgIpc) is 2.49. The number of nitrogens with one attached hydrogen (secondary N) is 2. The first-order valence-corrected chi connectivity index (χ1v) is 5.77. The second-order valence-electron chi connectivity index (χ2n) is 3.42. The molecule has 0 fully saturated rings. The van der Waals surface area contributed by atoms with Gasteiger partial charge in [-0.2, -0.15) is 0 Å². The van der Waals surface area contributed by atoms with Crippen LogP contribution in [0.2, 0.25) is 0 Å². The Bertz CT molecular complexity index is 507. The van der Waals surface area contributed by atoms with Crippen LogP contribution in [0.1, 0.15) is 11.1 Å². The molecule has 0 radical (unpaired) electrons. The van der Waals surface area contributed by atoms with E-state index in [0.717, 1.165) is 10.8 Å². The van der Waals surface area contributed by atoms with Crippen LogP contribution in [-0.2, 0) is 0 Å². The Hall–Kier alpha value is -1.20. The van der Waals surface area contributed by atoms with Gasteiger partial charge in [-0.05, 0) is 49.3 Å². The van der Waals surface area contributed by atoms with Gasteiger partial charge in [0, 0.05) is 5.69 Å². The van der Waals surface area contributed by atoms with Gasteiger partial charge in [0.2, 0.25) is 5.13 Å². The Morgan fingerprint density at radius 2 is 1.93 bits per heavy atom. The van der Waals surface area contributed by atoms with Gasteiger partial charge >= 0.3 is 0 Å². The maximum Gasteiger partial charge on any atom is 0.208 e. The second kappa shape index (κ2) is 4.12. The zero-order chi connectivity index (χ0) is 10.8. The summed E-state index contributed by atoms with van der Waals surface area (Å²) in [6.07, 6.45) is 0. The summed E-state index contributed by atoms with van der Waals surface area (Å²) in [4.78, 5) is 0. The fourth-order valence-electron chi connectivity index (χ4n) is 1.45. The summed E-state index contributed by atoms with van der Waals surface area (Å²) < 4.78 is 0.682. The van der Waals surface area contributed by atoms with E-state index in [1.54, 1.807) is 0 Å². The summed E-state index contributed by atoms with van der Waals surface area (Å²) in [6.45, 7) is 4.15. The van der Waals surface area contributed by atoms with E-state index in [-0.39, 0.29) is 0 Å². The van der Waals surface area contributed by atoms with Gasteiger partial charge in [0.15, 0.2) is 3.95 Å². The van der Waals surface area contributed by atoms with Crippen molar-refractivity contribution in [3.8, 4) is 0 Å². The zero-order valence-corrected chi connectivity index (χ0v) is 10.1. The van der Waals surface area contributed by atoms with Crippen molar-refractivity contribution in [3.05, 3.63) is 33.3 Å². The molecule has 0 bridgehead atoms. The highest BCUT2D eigenvalue weighted by Crippen LogP contribution is 2.20. The predicted molar refractivity (Wildman–Crippen MR) is 66.5 cm³/mol. The maximum absolute atomic E-state index is 4.96. The lowest BCUT2D eigenvalue weighted by Gasteiger charge is -2.04. The van der Waals surface area contributed by atoms with Crippen molar-refractivity contribution in [1.29, 1.82) is 0 Å². The Balaban J connectivity index is 2.27. The molecule has 2 aromatic rings. The molecule has 1 heterocycles. The number of benzene rings is 1. The Labute approximate surface area is 97.2 Å². The van der Waals surface area contributed by atoms with Crippen molar-refractivity contribution in [2.45, 2.75) is 13.8 Å². The van der Waals surface area contributed by atoms with Gasteiger partial charge in [0.1, 0.15) is 0 Å². The van der Waals surface area contributed by atoms with E-state index in [2.05, 4.69) is 47.6 Å². The highest BCUT2D eigenvalue weighted by molar-refractivity contribution is 7.73. The summed E-state index contributed by atoms with van der Waals surface area (Å²) in [5.41, 5.74) is 3.51. The number of hydrogen-bond acceptors (Lipinski definition) is 4. The Morgan fingerprint density at radius 1 is 1.27 bits per heavy atom. The van der Waals surface area contributed by atoms with E-state index >= 15 is 0 Å². The van der Waals surface area contributed by atoms with E-state index in [1.165, 1.54) is 22.5 Å². The van der Waals surface area contributed by atoms with Crippen molar-refractivity contribution in [2.24, 2.45) is 0 Å². The van der Waals surface area contributed by atoms with Gasteiger partial charge in [0.25, 0.3) is 0 Å². The van der Waals surface area contributed by atoms with Crippen LogP contribution < -0.4 is 5.32 Å². The lowest BCUT2D eigenvalue weighted by atomic mass is 10.1. The van der Waals surface area contributed by atoms with Gasteiger partial charge in [-0.15, -0.1) is 5.10 Å². The van der Waals surface area contributed by atoms with Gasteiger partial charge in [0.05, 0.1) is 0 Å². The number of nitrogens with zero attached hydrogens (tertiary/aromatic N) is 1. The monoisotopic (exact) mass is 237 g/mol. The number of rotatable bonds is 2. The molecule has 0 amide bonds. The van der Waals surface area contributed by atoms with Crippen molar-refractivity contribution < 1.29 is 0 Å². The van der Waals surface area contributed by atoms with E-state index in [0.29, 0.717) is 3.95 Å². The lowest BCUT2D eigenvalue weighted by molar-refractivity contribution is 1.08. The molecular formula is C10H11N3S2. The normalized spacial score (nSPS) is 10.3. The molecule has 0 atom stereocenters. The SMILES string of the molecule is Cc1cc(C)cc(Nc2n[nH]c(=S)s2)c1. The highest BCUT2D eigenvalue weighted by Gasteiger charge is 1.99. The van der Waals surface area contributed by atoms with Crippen LogP contribution in [0.25, 0.3) is 0 Å². The third kappa shape index (κ3) is 2.64. The highest BCUT2D eigenvalue weighted by atomic mass is 32.1. The van der Waals surface area contributed by atoms with Crippen LogP contribution in [-0.4, -0.2) is 10.2 Å². The van der Waals surface area contributed by atoms with E-state index < -0.39 is 0 Å². The summed E-state index contributed by atoms with van der Waals surface area (Å²) in [7, 11) is 0. The standard InChI is InChI=1S/C10H11N3S2/c1-6-3-7(2)5-8(4-6)11-9-12-13-10(14)15-9/h3-5H,1-2H3,(H,11,12)(H,13,14). The summed E-state index contributed by atoms with van der Waals surface area (Å²) in [5.74, 6) is 0. The molecule has 0 aliphatic heterocycles. The topological polar surface area (TPSA) is 40.7 Å². The molecule has 5 heteroatoms. The summed E-state index contributed by atoms with van der Waals surface area (Å²) in [5, 5.41) is 10.8. The lowest BCUT2D eigenvalue weighted by Crippen LogP contribution is -1.91. The molecule has 2 rings (SSSR count). The number of H-pyrrole nitrogens is 1. The molecule has 0 spiro atoms. The van der Waals surface area contributed by atoms with E-state index in [9.17, 15) is 0 Å². The van der Waals surface area contributed by atoms with Crippen LogP contribution in [0.3, 0.4) is 0 Å². The summed E-state index contributed by atoms with van der Waals surface area (Å²) >= 11 is 6.39. The Morgan fingerprint density at radius 3 is 2.47 bits per heavy atom. The van der Waals surface area contributed by atoms with Crippen LogP contribution in [0.4, 0.5) is 10.8 Å². The number of aromatic nitrogens is 2. The third-order valence-electron chi connectivity index (χ3n) is 1.91. The molecule has 1 aromatic heterocycles.